The molecule has 4 nitrogen and oxygen atoms in total. The number of fused-ring (bicyclic) bond motifs is 1. The molecule has 0 aliphatic carbocycles. The van der Waals surface area contributed by atoms with Gasteiger partial charge in [-0.05, 0) is 49.2 Å². The molecule has 3 aromatic rings. The molecule has 0 bridgehead atoms. The van der Waals surface area contributed by atoms with Crippen LogP contribution in [0.3, 0.4) is 0 Å². The molecule has 2 aromatic heterocycles. The van der Waals surface area contributed by atoms with Crippen molar-refractivity contribution in [2.45, 2.75) is 38.4 Å². The number of aromatic nitrogens is 1. The van der Waals surface area contributed by atoms with Gasteiger partial charge < -0.3 is 9.32 Å². The molecule has 4 heterocycles. The van der Waals surface area contributed by atoms with E-state index in [0.29, 0.717) is 6.04 Å². The number of amidine groups is 1. The van der Waals surface area contributed by atoms with E-state index < -0.39 is 0 Å². The number of rotatable bonds is 4. The summed E-state index contributed by atoms with van der Waals surface area (Å²) in [6.45, 7) is 4.26. The van der Waals surface area contributed by atoms with Gasteiger partial charge in [0, 0.05) is 28.6 Å². The van der Waals surface area contributed by atoms with Crippen LogP contribution in [0.4, 0.5) is 0 Å². The second-order valence-corrected chi connectivity index (χ2v) is 8.85. The molecule has 0 amide bonds. The van der Waals surface area contributed by atoms with E-state index in [0.717, 1.165) is 50.7 Å². The molecule has 0 radical (unpaired) electrons. The van der Waals surface area contributed by atoms with Gasteiger partial charge in [-0.3, -0.25) is 4.98 Å². The first-order valence-electron chi connectivity index (χ1n) is 9.92. The lowest BCUT2D eigenvalue weighted by atomic mass is 10.0. The van der Waals surface area contributed by atoms with Crippen molar-refractivity contribution in [2.24, 2.45) is 4.99 Å². The Kier molecular flexibility index (Phi) is 4.88. The molecule has 1 saturated heterocycles. The molecule has 5 rings (SSSR count). The average molecular weight is 424 g/mol. The zero-order valence-corrected chi connectivity index (χ0v) is 18.0. The van der Waals surface area contributed by atoms with Crippen LogP contribution in [0.1, 0.15) is 42.4 Å². The van der Waals surface area contributed by atoms with Crippen molar-refractivity contribution >= 4 is 28.5 Å². The zero-order chi connectivity index (χ0) is 20.0. The summed E-state index contributed by atoms with van der Waals surface area (Å²) in [5.41, 5.74) is 3.04. The van der Waals surface area contributed by atoms with Crippen molar-refractivity contribution in [2.75, 3.05) is 5.75 Å². The van der Waals surface area contributed by atoms with E-state index in [-0.39, 0.29) is 12.1 Å². The van der Waals surface area contributed by atoms with E-state index in [2.05, 4.69) is 35.0 Å². The molecule has 29 heavy (non-hydrogen) atoms. The summed E-state index contributed by atoms with van der Waals surface area (Å²) < 4.78 is 6.43. The maximum atomic E-state index is 6.43. The highest BCUT2D eigenvalue weighted by Crippen LogP contribution is 2.49. The van der Waals surface area contributed by atoms with Crippen LogP contribution < -0.4 is 0 Å². The first-order valence-corrected chi connectivity index (χ1v) is 11.3. The van der Waals surface area contributed by atoms with Crippen molar-refractivity contribution in [3.05, 3.63) is 76.8 Å². The van der Waals surface area contributed by atoms with Gasteiger partial charge >= 0.3 is 0 Å². The molecule has 0 unspecified atom stereocenters. The van der Waals surface area contributed by atoms with Crippen LogP contribution in [0.15, 0.2) is 64.1 Å². The first kappa shape index (κ1) is 18.8. The van der Waals surface area contributed by atoms with Crippen LogP contribution in [0.25, 0.3) is 11.3 Å². The lowest BCUT2D eigenvalue weighted by molar-refractivity contribution is 0.226. The molecule has 2 aliphatic rings. The van der Waals surface area contributed by atoms with Crippen molar-refractivity contribution < 1.29 is 4.42 Å². The molecule has 0 saturated carbocycles. The SMILES string of the molecule is CC[C@H]1CSC2=N[C@H](c3ccccn3)[C@@H](c3ccc(-c4cccc(Cl)c4C)o3)N21. The second-order valence-electron chi connectivity index (χ2n) is 7.45. The van der Waals surface area contributed by atoms with Crippen LogP contribution >= 0.6 is 23.4 Å². The van der Waals surface area contributed by atoms with Gasteiger partial charge in [-0.2, -0.15) is 0 Å². The Bertz CT molecular complexity index is 1060. The van der Waals surface area contributed by atoms with E-state index in [9.17, 15) is 0 Å². The Morgan fingerprint density at radius 3 is 2.86 bits per heavy atom. The van der Waals surface area contributed by atoms with Crippen LogP contribution in [-0.2, 0) is 0 Å². The minimum Gasteiger partial charge on any atom is -0.459 e. The van der Waals surface area contributed by atoms with E-state index >= 15 is 0 Å². The molecular formula is C23H22ClN3OS. The molecule has 2 aliphatic heterocycles. The largest absolute Gasteiger partial charge is 0.459 e. The summed E-state index contributed by atoms with van der Waals surface area (Å²) >= 11 is 8.17. The van der Waals surface area contributed by atoms with Gasteiger partial charge in [0.1, 0.15) is 23.6 Å². The number of hydrogen-bond acceptors (Lipinski definition) is 5. The molecule has 6 heteroatoms. The van der Waals surface area contributed by atoms with Crippen molar-refractivity contribution in [1.29, 1.82) is 0 Å². The third-order valence-corrected chi connectivity index (χ3v) is 7.32. The van der Waals surface area contributed by atoms with Gasteiger partial charge in [0.2, 0.25) is 0 Å². The van der Waals surface area contributed by atoms with Gasteiger partial charge in [-0.25, -0.2) is 4.99 Å². The Balaban J connectivity index is 1.57. The van der Waals surface area contributed by atoms with Gasteiger partial charge in [-0.1, -0.05) is 48.5 Å². The molecule has 1 fully saturated rings. The maximum Gasteiger partial charge on any atom is 0.161 e. The monoisotopic (exact) mass is 423 g/mol. The molecule has 148 valence electrons. The Morgan fingerprint density at radius 2 is 2.07 bits per heavy atom. The van der Waals surface area contributed by atoms with Crippen LogP contribution in [0.2, 0.25) is 5.02 Å². The normalized spacial score (nSPS) is 23.3. The molecule has 0 spiro atoms. The quantitative estimate of drug-likeness (QED) is 0.495. The predicted octanol–water partition coefficient (Wildman–Crippen LogP) is 6.28. The number of nitrogens with zero attached hydrogens (tertiary/aromatic N) is 3. The summed E-state index contributed by atoms with van der Waals surface area (Å²) in [6.07, 6.45) is 2.92. The fraction of sp³-hybridized carbons (Fsp3) is 0.304. The smallest absolute Gasteiger partial charge is 0.161 e. The third kappa shape index (κ3) is 3.17. The summed E-state index contributed by atoms with van der Waals surface area (Å²) in [6, 6.07) is 16.5. The van der Waals surface area contributed by atoms with E-state index in [4.69, 9.17) is 21.0 Å². The van der Waals surface area contributed by atoms with Gasteiger partial charge in [0.15, 0.2) is 5.17 Å². The summed E-state index contributed by atoms with van der Waals surface area (Å²) in [4.78, 5) is 12.1. The van der Waals surface area contributed by atoms with Crippen LogP contribution in [0.5, 0.6) is 0 Å². The molecule has 3 atom stereocenters. The van der Waals surface area contributed by atoms with Crippen molar-refractivity contribution in [3.63, 3.8) is 0 Å². The maximum absolute atomic E-state index is 6.43. The van der Waals surface area contributed by atoms with Gasteiger partial charge in [0.25, 0.3) is 0 Å². The molecule has 1 aromatic carbocycles. The van der Waals surface area contributed by atoms with Gasteiger partial charge in [0.05, 0.1) is 5.69 Å². The summed E-state index contributed by atoms with van der Waals surface area (Å²) in [7, 11) is 0. The van der Waals surface area contributed by atoms with E-state index in [1.807, 2.05) is 55.2 Å². The summed E-state index contributed by atoms with van der Waals surface area (Å²) in [5.74, 6) is 2.84. The number of benzene rings is 1. The first-order chi connectivity index (χ1) is 14.2. The Hall–Kier alpha value is -2.24. The standard InChI is InChI=1S/C23H22ClN3OS/c1-3-15-13-29-23-26-21(18-9-4-5-12-25-18)22(27(15)23)20-11-10-19(28-20)16-7-6-8-17(24)14(16)2/h4-12,15,21-22H,3,13H2,1-2H3/t15-,21+,22+/m0/s1. The van der Waals surface area contributed by atoms with Crippen molar-refractivity contribution in [1.82, 2.24) is 9.88 Å². The molecule has 0 N–H and O–H groups in total. The van der Waals surface area contributed by atoms with Gasteiger partial charge in [-0.15, -0.1) is 0 Å². The second kappa shape index (κ2) is 7.54. The van der Waals surface area contributed by atoms with E-state index in [1.54, 1.807) is 0 Å². The fourth-order valence-corrected chi connectivity index (χ4v) is 5.70. The fourth-order valence-electron chi connectivity index (χ4n) is 4.19. The number of aliphatic imine (C=N–C) groups is 1. The van der Waals surface area contributed by atoms with E-state index in [1.165, 1.54) is 0 Å². The highest BCUT2D eigenvalue weighted by molar-refractivity contribution is 8.14. The number of hydrogen-bond donors (Lipinski definition) is 0. The zero-order valence-electron chi connectivity index (χ0n) is 16.4. The Morgan fingerprint density at radius 1 is 1.17 bits per heavy atom. The van der Waals surface area contributed by atoms with Crippen molar-refractivity contribution in [3.8, 4) is 11.3 Å². The summed E-state index contributed by atoms with van der Waals surface area (Å²) in [5, 5.41) is 1.86. The number of furan rings is 1. The minimum absolute atomic E-state index is 0.0214. The number of pyridine rings is 1. The lowest BCUT2D eigenvalue weighted by Crippen LogP contribution is -2.35. The van der Waals surface area contributed by atoms with Crippen LogP contribution in [0, 0.1) is 6.92 Å². The number of halogens is 1. The number of thioether (sulfide) groups is 1. The third-order valence-electron chi connectivity index (χ3n) is 5.78. The predicted molar refractivity (Wildman–Crippen MR) is 119 cm³/mol. The van der Waals surface area contributed by atoms with Crippen LogP contribution in [-0.4, -0.2) is 26.8 Å². The minimum atomic E-state index is -0.0625. The Labute approximate surface area is 180 Å². The highest BCUT2D eigenvalue weighted by atomic mass is 35.5. The average Bonchev–Trinajstić information content (AvgIpc) is 3.45. The topological polar surface area (TPSA) is 41.6 Å². The highest BCUT2D eigenvalue weighted by Gasteiger charge is 2.46. The molecular weight excluding hydrogens is 402 g/mol. The lowest BCUT2D eigenvalue weighted by Gasteiger charge is -2.30.